The van der Waals surface area contributed by atoms with Crippen molar-refractivity contribution in [1.82, 2.24) is 0 Å². The third-order valence-electron chi connectivity index (χ3n) is 3.87. The molecule has 1 aromatic rings. The van der Waals surface area contributed by atoms with Crippen molar-refractivity contribution in [3.63, 3.8) is 0 Å². The Bertz CT molecular complexity index is 456. The van der Waals surface area contributed by atoms with Crippen LogP contribution in [-0.2, 0) is 4.74 Å². The van der Waals surface area contributed by atoms with Crippen LogP contribution in [-0.4, -0.2) is 18.8 Å². The van der Waals surface area contributed by atoms with Crippen molar-refractivity contribution in [3.8, 4) is 0 Å². The molecule has 0 spiro atoms. The van der Waals surface area contributed by atoms with Gasteiger partial charge in [0, 0.05) is 28.6 Å². The topological polar surface area (TPSA) is 21.3 Å². The lowest BCUT2D eigenvalue weighted by molar-refractivity contribution is -0.0976. The molecule has 0 saturated heterocycles. The van der Waals surface area contributed by atoms with E-state index in [1.807, 2.05) is 6.92 Å². The summed E-state index contributed by atoms with van der Waals surface area (Å²) in [5.41, 5.74) is 0.241. The highest BCUT2D eigenvalue weighted by Gasteiger charge is 2.49. The minimum Gasteiger partial charge on any atom is -0.378 e. The van der Waals surface area contributed by atoms with Crippen molar-refractivity contribution < 1.29 is 13.5 Å². The van der Waals surface area contributed by atoms with Gasteiger partial charge in [0.05, 0.1) is 11.8 Å². The fourth-order valence-electron chi connectivity index (χ4n) is 2.47. The van der Waals surface area contributed by atoms with Crippen LogP contribution in [0, 0.1) is 17.0 Å². The van der Waals surface area contributed by atoms with Crippen LogP contribution in [0.25, 0.3) is 0 Å². The summed E-state index contributed by atoms with van der Waals surface area (Å²) in [4.78, 5) is 0. The molecule has 19 heavy (non-hydrogen) atoms. The van der Waals surface area contributed by atoms with Gasteiger partial charge >= 0.3 is 0 Å². The highest BCUT2D eigenvalue weighted by Crippen LogP contribution is 2.45. The van der Waals surface area contributed by atoms with Crippen LogP contribution in [0.5, 0.6) is 0 Å². The predicted molar refractivity (Wildman–Crippen MR) is 75.3 cm³/mol. The number of hydrogen-bond donors (Lipinski definition) is 1. The molecule has 2 atom stereocenters. The van der Waals surface area contributed by atoms with Crippen LogP contribution >= 0.6 is 15.9 Å². The smallest absolute Gasteiger partial charge is 0.150 e. The molecular formula is C14H18BrF2NO. The number of ether oxygens (including phenoxy) is 1. The molecule has 1 aliphatic rings. The summed E-state index contributed by atoms with van der Waals surface area (Å²) in [5, 5.41) is 3.15. The van der Waals surface area contributed by atoms with Crippen LogP contribution in [0.15, 0.2) is 16.6 Å². The summed E-state index contributed by atoms with van der Waals surface area (Å²) in [6.07, 6.45) is 1.00. The normalized spacial score (nSPS) is 24.9. The van der Waals surface area contributed by atoms with E-state index in [9.17, 15) is 8.78 Å². The summed E-state index contributed by atoms with van der Waals surface area (Å²) in [7, 11) is 0. The monoisotopic (exact) mass is 333 g/mol. The molecule has 0 radical (unpaired) electrons. The number of rotatable bonds is 4. The van der Waals surface area contributed by atoms with E-state index >= 15 is 0 Å². The first-order valence-corrected chi connectivity index (χ1v) is 7.18. The van der Waals surface area contributed by atoms with Crippen LogP contribution in [0.1, 0.15) is 27.2 Å². The molecule has 1 aliphatic carbocycles. The van der Waals surface area contributed by atoms with Gasteiger partial charge in [0.25, 0.3) is 0 Å². The lowest BCUT2D eigenvalue weighted by Gasteiger charge is -2.52. The van der Waals surface area contributed by atoms with Gasteiger partial charge < -0.3 is 10.1 Å². The Kier molecular flexibility index (Phi) is 4.16. The molecule has 1 aromatic carbocycles. The number of halogens is 3. The zero-order valence-corrected chi connectivity index (χ0v) is 12.9. The molecule has 106 valence electrons. The fourth-order valence-corrected chi connectivity index (χ4v) is 2.99. The van der Waals surface area contributed by atoms with Gasteiger partial charge in [0.2, 0.25) is 0 Å². The molecule has 1 saturated carbocycles. The largest absolute Gasteiger partial charge is 0.378 e. The second-order valence-electron chi connectivity index (χ2n) is 5.44. The maximum absolute atomic E-state index is 13.8. The van der Waals surface area contributed by atoms with Gasteiger partial charge in [-0.05, 0) is 35.3 Å². The predicted octanol–water partition coefficient (Wildman–Crippen LogP) is 4.34. The minimum atomic E-state index is -0.588. The van der Waals surface area contributed by atoms with E-state index in [1.165, 1.54) is 6.07 Å². The maximum atomic E-state index is 13.8. The molecule has 0 aliphatic heterocycles. The number of hydrogen-bond acceptors (Lipinski definition) is 2. The van der Waals surface area contributed by atoms with Gasteiger partial charge in [0.1, 0.15) is 11.6 Å². The Hall–Kier alpha value is -0.680. The average molecular weight is 334 g/mol. The van der Waals surface area contributed by atoms with Crippen molar-refractivity contribution in [2.75, 3.05) is 11.9 Å². The van der Waals surface area contributed by atoms with Gasteiger partial charge in [-0.15, -0.1) is 0 Å². The molecule has 2 nitrogen and oxygen atoms in total. The zero-order valence-electron chi connectivity index (χ0n) is 11.3. The zero-order chi connectivity index (χ0) is 14.2. The fraction of sp³-hybridized carbons (Fsp3) is 0.571. The number of anilines is 1. The Morgan fingerprint density at radius 2 is 2.11 bits per heavy atom. The summed E-state index contributed by atoms with van der Waals surface area (Å²) in [5.74, 6) is -1.17. The van der Waals surface area contributed by atoms with E-state index in [-0.39, 0.29) is 17.6 Å². The lowest BCUT2D eigenvalue weighted by Crippen LogP contribution is -2.58. The number of benzene rings is 1. The molecule has 0 bridgehead atoms. The van der Waals surface area contributed by atoms with Crippen LogP contribution in [0.3, 0.4) is 0 Å². The van der Waals surface area contributed by atoms with Gasteiger partial charge in [-0.1, -0.05) is 13.8 Å². The van der Waals surface area contributed by atoms with E-state index in [4.69, 9.17) is 4.74 Å². The average Bonchev–Trinajstić information content (AvgIpc) is 2.30. The van der Waals surface area contributed by atoms with Crippen molar-refractivity contribution in [1.29, 1.82) is 0 Å². The second-order valence-corrected chi connectivity index (χ2v) is 6.30. The van der Waals surface area contributed by atoms with E-state index in [1.54, 1.807) is 0 Å². The van der Waals surface area contributed by atoms with Crippen LogP contribution in [0.2, 0.25) is 0 Å². The van der Waals surface area contributed by atoms with Gasteiger partial charge in [-0.2, -0.15) is 0 Å². The highest BCUT2D eigenvalue weighted by atomic mass is 79.9. The van der Waals surface area contributed by atoms with Crippen LogP contribution in [0.4, 0.5) is 14.5 Å². The highest BCUT2D eigenvalue weighted by molar-refractivity contribution is 9.10. The Morgan fingerprint density at radius 3 is 2.63 bits per heavy atom. The van der Waals surface area contributed by atoms with Crippen molar-refractivity contribution in [2.45, 2.75) is 39.3 Å². The van der Waals surface area contributed by atoms with Crippen LogP contribution < -0.4 is 5.32 Å². The van der Waals surface area contributed by atoms with E-state index in [2.05, 4.69) is 35.1 Å². The lowest BCUT2D eigenvalue weighted by atomic mass is 9.64. The van der Waals surface area contributed by atoms with Crippen molar-refractivity contribution in [2.24, 2.45) is 5.41 Å². The Morgan fingerprint density at radius 1 is 1.42 bits per heavy atom. The van der Waals surface area contributed by atoms with E-state index < -0.39 is 11.6 Å². The van der Waals surface area contributed by atoms with E-state index in [0.717, 1.165) is 12.5 Å². The first-order chi connectivity index (χ1) is 8.86. The van der Waals surface area contributed by atoms with Gasteiger partial charge in [-0.25, -0.2) is 8.78 Å². The first kappa shape index (κ1) is 14.7. The van der Waals surface area contributed by atoms with Gasteiger partial charge in [-0.3, -0.25) is 0 Å². The first-order valence-electron chi connectivity index (χ1n) is 6.39. The molecule has 0 aromatic heterocycles. The Balaban J connectivity index is 2.12. The summed E-state index contributed by atoms with van der Waals surface area (Å²) in [6.45, 7) is 6.82. The second kappa shape index (κ2) is 5.37. The summed E-state index contributed by atoms with van der Waals surface area (Å²) < 4.78 is 32.8. The molecule has 1 fully saturated rings. The molecule has 1 N–H and O–H groups in total. The van der Waals surface area contributed by atoms with Gasteiger partial charge in [0.15, 0.2) is 0 Å². The molecule has 0 heterocycles. The SMILES string of the molecule is CCOC1CC(Nc2c(F)cc(F)cc2Br)C1(C)C. The van der Waals surface area contributed by atoms with Crippen molar-refractivity contribution in [3.05, 3.63) is 28.2 Å². The molecule has 5 heteroatoms. The minimum absolute atomic E-state index is 0.0731. The third kappa shape index (κ3) is 2.77. The third-order valence-corrected chi connectivity index (χ3v) is 4.50. The summed E-state index contributed by atoms with van der Waals surface area (Å²) in [6, 6.07) is 2.26. The van der Waals surface area contributed by atoms with Crippen molar-refractivity contribution >= 4 is 21.6 Å². The van der Waals surface area contributed by atoms with E-state index in [0.29, 0.717) is 16.8 Å². The molecule has 0 amide bonds. The maximum Gasteiger partial charge on any atom is 0.150 e. The number of nitrogens with one attached hydrogen (secondary N) is 1. The Labute approximate surface area is 120 Å². The molecular weight excluding hydrogens is 316 g/mol. The molecule has 2 rings (SSSR count). The quantitative estimate of drug-likeness (QED) is 0.884. The molecule has 2 unspecified atom stereocenters. The summed E-state index contributed by atoms with van der Waals surface area (Å²) >= 11 is 3.19. The standard InChI is InChI=1S/C14H18BrF2NO/c1-4-19-12-7-11(14(12,2)3)18-13-9(15)5-8(16)6-10(13)17/h5-6,11-12,18H,4,7H2,1-3H3.